The average molecular weight is 346 g/mol. The molecule has 0 bridgehead atoms. The highest BCUT2D eigenvalue weighted by atomic mass is 19.4. The van der Waals surface area contributed by atoms with E-state index in [1.54, 1.807) is 6.08 Å². The van der Waals surface area contributed by atoms with Crippen LogP contribution in [0.25, 0.3) is 0 Å². The third kappa shape index (κ3) is 3.38. The van der Waals surface area contributed by atoms with E-state index in [0.717, 1.165) is 17.2 Å². The molecule has 0 unspecified atom stereocenters. The summed E-state index contributed by atoms with van der Waals surface area (Å²) in [4.78, 5) is 14.1. The van der Waals surface area contributed by atoms with E-state index >= 15 is 0 Å². The number of nitrogens with one attached hydrogen (secondary N) is 1. The van der Waals surface area contributed by atoms with Crippen molar-refractivity contribution in [3.8, 4) is 0 Å². The molecule has 0 spiro atoms. The van der Waals surface area contributed by atoms with E-state index < -0.39 is 17.8 Å². The summed E-state index contributed by atoms with van der Waals surface area (Å²) in [5.74, 6) is 0. The minimum absolute atomic E-state index is 0.248. The summed E-state index contributed by atoms with van der Waals surface area (Å²) >= 11 is 0. The molecule has 0 saturated heterocycles. The monoisotopic (exact) mass is 346 g/mol. The summed E-state index contributed by atoms with van der Waals surface area (Å²) in [6.45, 7) is 4.19. The van der Waals surface area contributed by atoms with Gasteiger partial charge in [-0.1, -0.05) is 42.5 Å². The van der Waals surface area contributed by atoms with Crippen molar-refractivity contribution < 1.29 is 18.0 Å². The number of amides is 2. The summed E-state index contributed by atoms with van der Waals surface area (Å²) in [6.07, 6.45) is -2.25. The van der Waals surface area contributed by atoms with Crippen molar-refractivity contribution >= 4 is 11.7 Å². The van der Waals surface area contributed by atoms with Crippen LogP contribution in [-0.4, -0.2) is 17.5 Å². The molecule has 1 atom stereocenters. The number of para-hydroxylation sites is 1. The highest BCUT2D eigenvalue weighted by molar-refractivity contribution is 5.91. The van der Waals surface area contributed by atoms with Crippen LogP contribution in [0.1, 0.15) is 22.7 Å². The van der Waals surface area contributed by atoms with Crippen molar-refractivity contribution in [2.24, 2.45) is 0 Å². The molecular formula is C19H17F3N2O. The number of anilines is 1. The molecule has 2 aromatic carbocycles. The maximum absolute atomic E-state index is 13.1. The Labute approximate surface area is 143 Å². The molecular weight excluding hydrogens is 329 g/mol. The molecule has 0 aliphatic carbocycles. The number of nitrogens with zero attached hydrogens (tertiary/aromatic N) is 1. The number of carbonyl (C=O) groups excluding carboxylic acids is 1. The molecule has 1 aliphatic rings. The number of carbonyl (C=O) groups is 1. The maximum Gasteiger partial charge on any atom is 0.418 e. The first-order chi connectivity index (χ1) is 11.9. The lowest BCUT2D eigenvalue weighted by Gasteiger charge is -2.35. The van der Waals surface area contributed by atoms with Gasteiger partial charge in [-0.25, -0.2) is 4.79 Å². The highest BCUT2D eigenvalue weighted by Crippen LogP contribution is 2.36. The Balaban J connectivity index is 1.87. The van der Waals surface area contributed by atoms with Gasteiger partial charge >= 0.3 is 12.2 Å². The molecule has 0 fully saturated rings. The smallest absolute Gasteiger partial charge is 0.314 e. The maximum atomic E-state index is 13.1. The largest absolute Gasteiger partial charge is 0.418 e. The highest BCUT2D eigenvalue weighted by Gasteiger charge is 2.35. The molecule has 2 aromatic rings. The van der Waals surface area contributed by atoms with Gasteiger partial charge in [0.1, 0.15) is 0 Å². The SMILES string of the molecule is C=C[C@@H]1c2ccccc2CCN1C(=O)Nc1ccccc1C(F)(F)F. The molecule has 130 valence electrons. The second-order valence-corrected chi connectivity index (χ2v) is 5.80. The van der Waals surface area contributed by atoms with Crippen molar-refractivity contribution in [3.63, 3.8) is 0 Å². The summed E-state index contributed by atoms with van der Waals surface area (Å²) in [5.41, 5.74) is 0.952. The molecule has 3 nitrogen and oxygen atoms in total. The second kappa shape index (κ2) is 6.63. The Kier molecular flexibility index (Phi) is 4.53. The second-order valence-electron chi connectivity index (χ2n) is 5.80. The Hall–Kier alpha value is -2.76. The summed E-state index contributed by atoms with van der Waals surface area (Å²) in [7, 11) is 0. The molecule has 0 saturated carbocycles. The Morgan fingerprint density at radius 1 is 1.16 bits per heavy atom. The van der Waals surface area contributed by atoms with Crippen LogP contribution in [0, 0.1) is 0 Å². The van der Waals surface area contributed by atoms with Gasteiger partial charge in [-0.15, -0.1) is 6.58 Å². The number of urea groups is 1. The fraction of sp³-hybridized carbons (Fsp3) is 0.211. The number of hydrogen-bond acceptors (Lipinski definition) is 1. The third-order valence-electron chi connectivity index (χ3n) is 4.29. The number of halogens is 3. The molecule has 3 rings (SSSR count). The van der Waals surface area contributed by atoms with E-state index in [1.165, 1.54) is 23.1 Å². The van der Waals surface area contributed by atoms with Gasteiger partial charge in [0.05, 0.1) is 17.3 Å². The number of rotatable bonds is 2. The van der Waals surface area contributed by atoms with Crippen LogP contribution < -0.4 is 5.32 Å². The lowest BCUT2D eigenvalue weighted by molar-refractivity contribution is -0.136. The van der Waals surface area contributed by atoms with E-state index in [2.05, 4.69) is 11.9 Å². The van der Waals surface area contributed by atoms with Gasteiger partial charge < -0.3 is 10.2 Å². The zero-order chi connectivity index (χ0) is 18.0. The van der Waals surface area contributed by atoms with E-state index in [0.29, 0.717) is 13.0 Å². The zero-order valence-corrected chi connectivity index (χ0v) is 13.4. The molecule has 25 heavy (non-hydrogen) atoms. The van der Waals surface area contributed by atoms with Crippen LogP contribution in [0.3, 0.4) is 0 Å². The predicted octanol–water partition coefficient (Wildman–Crippen LogP) is 5.02. The number of alkyl halides is 3. The van der Waals surface area contributed by atoms with Gasteiger partial charge in [-0.05, 0) is 29.7 Å². The van der Waals surface area contributed by atoms with Gasteiger partial charge in [0.15, 0.2) is 0 Å². The normalized spacial score (nSPS) is 16.9. The zero-order valence-electron chi connectivity index (χ0n) is 13.4. The molecule has 0 aromatic heterocycles. The summed E-state index contributed by atoms with van der Waals surface area (Å²) in [6, 6.07) is 11.7. The Bertz CT molecular complexity index is 801. The summed E-state index contributed by atoms with van der Waals surface area (Å²) < 4.78 is 39.3. The number of benzene rings is 2. The Morgan fingerprint density at radius 3 is 2.56 bits per heavy atom. The fourth-order valence-electron chi connectivity index (χ4n) is 3.11. The fourth-order valence-corrected chi connectivity index (χ4v) is 3.11. The molecule has 2 amide bonds. The van der Waals surface area contributed by atoms with Crippen molar-refractivity contribution in [2.75, 3.05) is 11.9 Å². The summed E-state index contributed by atoms with van der Waals surface area (Å²) in [5, 5.41) is 2.40. The van der Waals surface area contributed by atoms with Crippen LogP contribution in [0.15, 0.2) is 61.2 Å². The van der Waals surface area contributed by atoms with Crippen molar-refractivity contribution in [3.05, 3.63) is 77.9 Å². The first-order valence-corrected chi connectivity index (χ1v) is 7.86. The van der Waals surface area contributed by atoms with E-state index in [9.17, 15) is 18.0 Å². The lowest BCUT2D eigenvalue weighted by Crippen LogP contribution is -2.42. The van der Waals surface area contributed by atoms with E-state index in [1.807, 2.05) is 24.3 Å². The van der Waals surface area contributed by atoms with Crippen molar-refractivity contribution in [1.82, 2.24) is 4.90 Å². The van der Waals surface area contributed by atoms with Crippen LogP contribution in [0.2, 0.25) is 0 Å². The van der Waals surface area contributed by atoms with Gasteiger partial charge in [0.2, 0.25) is 0 Å². The van der Waals surface area contributed by atoms with Crippen LogP contribution in [-0.2, 0) is 12.6 Å². The quantitative estimate of drug-likeness (QED) is 0.761. The van der Waals surface area contributed by atoms with Gasteiger partial charge in [0.25, 0.3) is 0 Å². The third-order valence-corrected chi connectivity index (χ3v) is 4.29. The van der Waals surface area contributed by atoms with Crippen LogP contribution in [0.4, 0.5) is 23.7 Å². The first-order valence-electron chi connectivity index (χ1n) is 7.86. The van der Waals surface area contributed by atoms with Crippen molar-refractivity contribution in [1.29, 1.82) is 0 Å². The van der Waals surface area contributed by atoms with Gasteiger partial charge in [0, 0.05) is 6.54 Å². The molecule has 6 heteroatoms. The lowest BCUT2D eigenvalue weighted by atomic mass is 9.93. The standard InChI is InChI=1S/C19H17F3N2O/c1-2-17-14-8-4-3-7-13(14)11-12-24(17)18(25)23-16-10-6-5-9-15(16)19(20,21)22/h2-10,17H,1,11-12H2,(H,23,25)/t17-/m1/s1. The predicted molar refractivity (Wildman–Crippen MR) is 90.3 cm³/mol. The van der Waals surface area contributed by atoms with Crippen LogP contribution >= 0.6 is 0 Å². The molecule has 1 heterocycles. The van der Waals surface area contributed by atoms with E-state index in [4.69, 9.17) is 0 Å². The molecule has 1 N–H and O–H groups in total. The van der Waals surface area contributed by atoms with Gasteiger partial charge in [-0.3, -0.25) is 0 Å². The molecule has 1 aliphatic heterocycles. The molecule has 0 radical (unpaired) electrons. The van der Waals surface area contributed by atoms with E-state index in [-0.39, 0.29) is 11.7 Å². The minimum atomic E-state index is -4.53. The number of hydrogen-bond donors (Lipinski definition) is 1. The number of fused-ring (bicyclic) bond motifs is 1. The van der Waals surface area contributed by atoms with Gasteiger partial charge in [-0.2, -0.15) is 13.2 Å². The average Bonchev–Trinajstić information content (AvgIpc) is 2.60. The first kappa shape index (κ1) is 17.1. The van der Waals surface area contributed by atoms with Crippen molar-refractivity contribution in [2.45, 2.75) is 18.6 Å². The Morgan fingerprint density at radius 2 is 1.84 bits per heavy atom. The topological polar surface area (TPSA) is 32.3 Å². The van der Waals surface area contributed by atoms with Crippen LogP contribution in [0.5, 0.6) is 0 Å². The minimum Gasteiger partial charge on any atom is -0.314 e.